The third-order valence-electron chi connectivity index (χ3n) is 6.93. The number of rotatable bonds is 4. The molecule has 6 nitrogen and oxygen atoms in total. The fourth-order valence-corrected chi connectivity index (χ4v) is 5.26. The molecule has 0 spiro atoms. The molecular formula is C27H26N4O2. The summed E-state index contributed by atoms with van der Waals surface area (Å²) in [5.74, 6) is 0.483. The smallest absolute Gasteiger partial charge is 0.274 e. The molecule has 1 fully saturated rings. The Hall–Kier alpha value is -3.64. The molecule has 2 aromatic carbocycles. The highest BCUT2D eigenvalue weighted by Gasteiger charge is 2.28. The summed E-state index contributed by atoms with van der Waals surface area (Å²) in [4.78, 5) is 20.4. The van der Waals surface area contributed by atoms with Crippen LogP contribution in [0.1, 0.15) is 24.4 Å². The molecule has 0 radical (unpaired) electrons. The van der Waals surface area contributed by atoms with Crippen LogP contribution in [0, 0.1) is 5.92 Å². The zero-order chi connectivity index (χ0) is 22.4. The van der Waals surface area contributed by atoms with Gasteiger partial charge in [-0.25, -0.2) is 4.98 Å². The van der Waals surface area contributed by atoms with Gasteiger partial charge in [-0.3, -0.25) is 4.79 Å². The van der Waals surface area contributed by atoms with Crippen molar-refractivity contribution < 1.29 is 4.74 Å². The van der Waals surface area contributed by atoms with E-state index in [1.807, 2.05) is 24.8 Å². The standard InChI is InChI=1S/C27H26N4O2/c1-30-16-22(21-9-12-28-25(21)27(30)32)20-7-8-23-24(15-20)31(17-29-23)26(18-5-3-2-4-6-18)19-10-13-33-14-11-19/h2-9,12,15-17,19,26,28H,10-11,13-14H2,1H3/t26-/m1/s1. The summed E-state index contributed by atoms with van der Waals surface area (Å²) in [6, 6.07) is 19.3. The van der Waals surface area contributed by atoms with E-state index in [1.54, 1.807) is 11.6 Å². The van der Waals surface area contributed by atoms with Gasteiger partial charge in [0.05, 0.1) is 23.4 Å². The van der Waals surface area contributed by atoms with E-state index in [0.717, 1.165) is 53.6 Å². The maximum absolute atomic E-state index is 12.5. The predicted molar refractivity (Wildman–Crippen MR) is 130 cm³/mol. The average molecular weight is 439 g/mol. The maximum atomic E-state index is 12.5. The van der Waals surface area contributed by atoms with Gasteiger partial charge in [0.15, 0.2) is 0 Å². The molecule has 6 heteroatoms. The van der Waals surface area contributed by atoms with Crippen LogP contribution in [-0.2, 0) is 11.8 Å². The number of fused-ring (bicyclic) bond motifs is 2. The molecule has 1 aliphatic rings. The van der Waals surface area contributed by atoms with Crippen molar-refractivity contribution in [3.8, 4) is 11.1 Å². The monoisotopic (exact) mass is 438 g/mol. The van der Waals surface area contributed by atoms with Crippen molar-refractivity contribution >= 4 is 21.9 Å². The number of hydrogen-bond acceptors (Lipinski definition) is 3. The Balaban J connectivity index is 1.53. The SMILES string of the molecule is Cn1cc(-c2ccc3ncn([C@H](c4ccccc4)C4CCOCC4)c3c2)c2cc[nH]c2c1=O. The van der Waals surface area contributed by atoms with Gasteiger partial charge in [-0.05, 0) is 48.1 Å². The lowest BCUT2D eigenvalue weighted by Crippen LogP contribution is -2.26. The second kappa shape index (κ2) is 8.05. The number of benzene rings is 2. The van der Waals surface area contributed by atoms with E-state index < -0.39 is 0 Å². The van der Waals surface area contributed by atoms with Crippen molar-refractivity contribution in [2.24, 2.45) is 13.0 Å². The highest BCUT2D eigenvalue weighted by molar-refractivity contribution is 5.96. The predicted octanol–water partition coefficient (Wildman–Crippen LogP) is 4.90. The van der Waals surface area contributed by atoms with Crippen molar-refractivity contribution in [2.75, 3.05) is 13.2 Å². The lowest BCUT2D eigenvalue weighted by molar-refractivity contribution is 0.0547. The zero-order valence-corrected chi connectivity index (χ0v) is 18.6. The largest absolute Gasteiger partial charge is 0.381 e. The minimum Gasteiger partial charge on any atom is -0.381 e. The van der Waals surface area contributed by atoms with Gasteiger partial charge in [0.25, 0.3) is 5.56 Å². The normalized spacial score (nSPS) is 15.9. The summed E-state index contributed by atoms with van der Waals surface area (Å²) in [6.45, 7) is 1.60. The van der Waals surface area contributed by atoms with Gasteiger partial charge in [-0.15, -0.1) is 0 Å². The summed E-state index contributed by atoms with van der Waals surface area (Å²) in [5.41, 5.74) is 6.09. The molecule has 1 aliphatic heterocycles. The van der Waals surface area contributed by atoms with Crippen LogP contribution in [0.15, 0.2) is 78.1 Å². The van der Waals surface area contributed by atoms with Gasteiger partial charge >= 0.3 is 0 Å². The Morgan fingerprint density at radius 1 is 1.09 bits per heavy atom. The minimum atomic E-state index is -0.0199. The van der Waals surface area contributed by atoms with Crippen molar-refractivity contribution in [3.63, 3.8) is 0 Å². The molecule has 0 aliphatic carbocycles. The van der Waals surface area contributed by atoms with E-state index in [0.29, 0.717) is 11.4 Å². The maximum Gasteiger partial charge on any atom is 0.274 e. The van der Waals surface area contributed by atoms with E-state index in [1.165, 1.54) is 5.56 Å². The second-order valence-electron chi connectivity index (χ2n) is 8.89. The Kier molecular flexibility index (Phi) is 4.88. The first-order chi connectivity index (χ1) is 16.2. The highest BCUT2D eigenvalue weighted by atomic mass is 16.5. The Morgan fingerprint density at radius 2 is 1.91 bits per heavy atom. The van der Waals surface area contributed by atoms with E-state index in [4.69, 9.17) is 9.72 Å². The van der Waals surface area contributed by atoms with Crippen LogP contribution in [-0.4, -0.2) is 32.3 Å². The number of hydrogen-bond donors (Lipinski definition) is 1. The molecule has 0 saturated carbocycles. The molecule has 1 saturated heterocycles. The van der Waals surface area contributed by atoms with Crippen LogP contribution in [0.5, 0.6) is 0 Å². The van der Waals surface area contributed by atoms with Gasteiger partial charge in [0.1, 0.15) is 5.52 Å². The molecule has 33 heavy (non-hydrogen) atoms. The zero-order valence-electron chi connectivity index (χ0n) is 18.6. The highest BCUT2D eigenvalue weighted by Crippen LogP contribution is 2.37. The molecule has 1 N–H and O–H groups in total. The number of H-pyrrole nitrogens is 1. The van der Waals surface area contributed by atoms with E-state index in [2.05, 4.69) is 58.1 Å². The van der Waals surface area contributed by atoms with Gasteiger partial charge < -0.3 is 18.9 Å². The summed E-state index contributed by atoms with van der Waals surface area (Å²) in [6.07, 6.45) is 7.80. The number of nitrogens with one attached hydrogen (secondary N) is 1. The minimum absolute atomic E-state index is 0.0199. The number of ether oxygens (including phenoxy) is 1. The van der Waals surface area contributed by atoms with E-state index in [-0.39, 0.29) is 11.6 Å². The van der Waals surface area contributed by atoms with Crippen molar-refractivity contribution in [3.05, 3.63) is 89.2 Å². The number of aryl methyl sites for hydroxylation is 1. The van der Waals surface area contributed by atoms with Crippen LogP contribution >= 0.6 is 0 Å². The van der Waals surface area contributed by atoms with Crippen LogP contribution < -0.4 is 5.56 Å². The van der Waals surface area contributed by atoms with Crippen LogP contribution in [0.4, 0.5) is 0 Å². The van der Waals surface area contributed by atoms with Crippen LogP contribution in [0.25, 0.3) is 33.1 Å². The number of aromatic nitrogens is 4. The van der Waals surface area contributed by atoms with Gasteiger partial charge in [0.2, 0.25) is 0 Å². The van der Waals surface area contributed by atoms with Gasteiger partial charge in [-0.1, -0.05) is 36.4 Å². The summed E-state index contributed by atoms with van der Waals surface area (Å²) in [5, 5.41) is 0.938. The molecule has 0 unspecified atom stereocenters. The molecule has 0 bridgehead atoms. The molecule has 6 rings (SSSR count). The quantitative estimate of drug-likeness (QED) is 0.434. The first-order valence-corrected chi connectivity index (χ1v) is 11.5. The summed E-state index contributed by atoms with van der Waals surface area (Å²) < 4.78 is 9.64. The van der Waals surface area contributed by atoms with Crippen molar-refractivity contribution in [2.45, 2.75) is 18.9 Å². The fraction of sp³-hybridized carbons (Fsp3) is 0.259. The number of nitrogens with zero attached hydrogens (tertiary/aromatic N) is 3. The average Bonchev–Trinajstić information content (AvgIpc) is 3.51. The topological polar surface area (TPSA) is 64.8 Å². The Morgan fingerprint density at radius 3 is 2.73 bits per heavy atom. The molecular weight excluding hydrogens is 412 g/mol. The van der Waals surface area contributed by atoms with Gasteiger partial charge in [-0.2, -0.15) is 0 Å². The second-order valence-corrected chi connectivity index (χ2v) is 8.89. The third-order valence-corrected chi connectivity index (χ3v) is 6.93. The first kappa shape index (κ1) is 20.0. The van der Waals surface area contributed by atoms with Gasteiger partial charge in [0, 0.05) is 43.6 Å². The summed E-state index contributed by atoms with van der Waals surface area (Å²) >= 11 is 0. The molecule has 3 aromatic heterocycles. The summed E-state index contributed by atoms with van der Waals surface area (Å²) in [7, 11) is 1.80. The molecule has 166 valence electrons. The number of imidazole rings is 1. The number of pyridine rings is 1. The lowest BCUT2D eigenvalue weighted by Gasteiger charge is -2.32. The van der Waals surface area contributed by atoms with Crippen LogP contribution in [0.2, 0.25) is 0 Å². The Bertz CT molecular complexity index is 1490. The third kappa shape index (κ3) is 3.38. The first-order valence-electron chi connectivity index (χ1n) is 11.5. The van der Waals surface area contributed by atoms with E-state index >= 15 is 0 Å². The number of aromatic amines is 1. The van der Waals surface area contributed by atoms with Crippen LogP contribution in [0.3, 0.4) is 0 Å². The van der Waals surface area contributed by atoms with E-state index in [9.17, 15) is 4.79 Å². The molecule has 5 aromatic rings. The molecule has 4 heterocycles. The lowest BCUT2D eigenvalue weighted by atomic mass is 9.86. The molecule has 0 amide bonds. The van der Waals surface area contributed by atoms with Crippen molar-refractivity contribution in [1.82, 2.24) is 19.1 Å². The Labute approximate surface area is 191 Å². The van der Waals surface area contributed by atoms with Crippen molar-refractivity contribution in [1.29, 1.82) is 0 Å². The fourth-order valence-electron chi connectivity index (χ4n) is 5.26. The molecule has 1 atom stereocenters.